The Kier molecular flexibility index (Phi) is 4.95. The summed E-state index contributed by atoms with van der Waals surface area (Å²) in [6.45, 7) is 2.94. The molecule has 0 radical (unpaired) electrons. The highest BCUT2D eigenvalue weighted by molar-refractivity contribution is 4.31. The molecule has 1 atom stereocenters. The second kappa shape index (κ2) is 5.03. The molecule has 0 aromatic carbocycles. The van der Waals surface area contributed by atoms with E-state index in [9.17, 15) is 0 Å². The Morgan fingerprint density at radius 3 is 2.75 bits per heavy atom. The first kappa shape index (κ1) is 7.88. The van der Waals surface area contributed by atoms with Gasteiger partial charge in [0.15, 0.2) is 6.29 Å². The molecule has 0 aliphatic heterocycles. The van der Waals surface area contributed by atoms with Gasteiger partial charge in [-0.2, -0.15) is 0 Å². The number of hydrogen-bond donors (Lipinski definition) is 1. The smallest absolute Gasteiger partial charge is 0.154 e. The number of ether oxygens (including phenoxy) is 2. The second-order valence-corrected chi connectivity index (χ2v) is 1.46. The van der Waals surface area contributed by atoms with Gasteiger partial charge in [-0.05, 0) is 6.92 Å². The molecule has 8 heavy (non-hydrogen) atoms. The van der Waals surface area contributed by atoms with E-state index >= 15 is 0 Å². The molecule has 52 valence electrons. The van der Waals surface area contributed by atoms with Crippen molar-refractivity contribution in [2.45, 2.75) is 13.2 Å². The Bertz CT molecular complexity index is 54.2. The van der Waals surface area contributed by atoms with E-state index in [1.54, 1.807) is 7.11 Å². The lowest BCUT2D eigenvalue weighted by molar-refractivity contribution is -0.108. The van der Waals surface area contributed by atoms with Crippen molar-refractivity contribution in [3.05, 3.63) is 0 Å². The highest BCUT2D eigenvalue weighted by Crippen LogP contribution is 1.87. The number of rotatable bonds is 4. The Morgan fingerprint density at radius 2 is 2.38 bits per heavy atom. The van der Waals surface area contributed by atoms with Crippen molar-refractivity contribution in [2.24, 2.45) is 5.73 Å². The Morgan fingerprint density at radius 1 is 1.75 bits per heavy atom. The van der Waals surface area contributed by atoms with Crippen molar-refractivity contribution in [2.75, 3.05) is 20.3 Å². The predicted octanol–water partition coefficient (Wildman–Crippen LogP) is 0.200. The monoisotopic (exact) mass is 121 g/mol. The van der Waals surface area contributed by atoms with Gasteiger partial charge in [-0.3, -0.25) is 0 Å². The molecule has 0 aliphatic carbocycles. The SMILES string of the molecule is CO[C@@H](C)OCCN.[HH]. The van der Waals surface area contributed by atoms with Gasteiger partial charge in [-0.25, -0.2) is 0 Å². The van der Waals surface area contributed by atoms with Crippen LogP contribution in [0.2, 0.25) is 0 Å². The third kappa shape index (κ3) is 4.05. The average molecular weight is 121 g/mol. The van der Waals surface area contributed by atoms with Gasteiger partial charge in [0.2, 0.25) is 0 Å². The molecule has 3 heteroatoms. The molecule has 0 rings (SSSR count). The quantitative estimate of drug-likeness (QED) is 0.540. The fourth-order valence-electron chi connectivity index (χ4n) is 0.302. The summed E-state index contributed by atoms with van der Waals surface area (Å²) in [4.78, 5) is 0. The highest BCUT2D eigenvalue weighted by atomic mass is 16.7. The first-order valence-corrected chi connectivity index (χ1v) is 2.65. The summed E-state index contributed by atoms with van der Waals surface area (Å²) in [6, 6.07) is 0. The molecule has 0 saturated heterocycles. The lowest BCUT2D eigenvalue weighted by atomic mass is 10.7. The largest absolute Gasteiger partial charge is 0.356 e. The number of hydrogen-bond acceptors (Lipinski definition) is 3. The summed E-state index contributed by atoms with van der Waals surface area (Å²) in [7, 11) is 1.60. The van der Waals surface area contributed by atoms with Crippen LogP contribution in [0.3, 0.4) is 0 Å². The summed E-state index contributed by atoms with van der Waals surface area (Å²) in [6.07, 6.45) is -0.126. The van der Waals surface area contributed by atoms with Crippen LogP contribution in [0, 0.1) is 0 Å². The summed E-state index contributed by atoms with van der Waals surface area (Å²) in [5, 5.41) is 0. The van der Waals surface area contributed by atoms with Crippen LogP contribution in [0.1, 0.15) is 8.35 Å². The predicted molar refractivity (Wildman–Crippen MR) is 33.6 cm³/mol. The molecule has 0 heterocycles. The van der Waals surface area contributed by atoms with E-state index in [1.165, 1.54) is 0 Å². The van der Waals surface area contributed by atoms with Crippen molar-refractivity contribution in [3.63, 3.8) is 0 Å². The van der Waals surface area contributed by atoms with Gasteiger partial charge in [-0.1, -0.05) is 0 Å². The summed E-state index contributed by atoms with van der Waals surface area (Å²) >= 11 is 0. The lowest BCUT2D eigenvalue weighted by Crippen LogP contribution is -2.16. The zero-order chi connectivity index (χ0) is 6.41. The minimum atomic E-state index is -0.126. The molecule has 2 N–H and O–H groups in total. The van der Waals surface area contributed by atoms with Gasteiger partial charge in [0.1, 0.15) is 0 Å². The number of nitrogens with two attached hydrogens (primary N) is 1. The summed E-state index contributed by atoms with van der Waals surface area (Å²) in [5.41, 5.74) is 5.15. The maximum Gasteiger partial charge on any atom is 0.154 e. The highest BCUT2D eigenvalue weighted by Gasteiger charge is 1.93. The molecular weight excluding hydrogens is 106 g/mol. The van der Waals surface area contributed by atoms with Crippen LogP contribution in [0.5, 0.6) is 0 Å². The minimum absolute atomic E-state index is 0. The zero-order valence-corrected chi connectivity index (χ0v) is 5.39. The van der Waals surface area contributed by atoms with E-state index in [-0.39, 0.29) is 7.72 Å². The van der Waals surface area contributed by atoms with E-state index in [0.717, 1.165) is 0 Å². The van der Waals surface area contributed by atoms with Crippen LogP contribution in [-0.4, -0.2) is 26.6 Å². The van der Waals surface area contributed by atoms with Crippen molar-refractivity contribution in [3.8, 4) is 0 Å². The van der Waals surface area contributed by atoms with Gasteiger partial charge in [0.25, 0.3) is 0 Å². The third-order valence-electron chi connectivity index (χ3n) is 0.802. The fourth-order valence-corrected chi connectivity index (χ4v) is 0.302. The van der Waals surface area contributed by atoms with Crippen LogP contribution < -0.4 is 5.73 Å². The molecule has 0 fully saturated rings. The first-order valence-electron chi connectivity index (χ1n) is 2.65. The standard InChI is InChI=1S/C5H13NO2.H2/c1-5(7-2)8-4-3-6;/h5H,3-4,6H2,1-2H3;1H/t5-;/m1./s1. The van der Waals surface area contributed by atoms with Crippen LogP contribution in [-0.2, 0) is 9.47 Å². The Labute approximate surface area is 51.3 Å². The third-order valence-corrected chi connectivity index (χ3v) is 0.802. The van der Waals surface area contributed by atoms with Gasteiger partial charge in [0, 0.05) is 15.1 Å². The van der Waals surface area contributed by atoms with Gasteiger partial charge in [0.05, 0.1) is 6.61 Å². The molecular formula is C5H15NO2. The van der Waals surface area contributed by atoms with Gasteiger partial charge >= 0.3 is 0 Å². The molecule has 0 amide bonds. The van der Waals surface area contributed by atoms with E-state index in [0.29, 0.717) is 13.2 Å². The molecule has 0 unspecified atom stereocenters. The molecule has 3 nitrogen and oxygen atoms in total. The van der Waals surface area contributed by atoms with E-state index in [4.69, 9.17) is 15.2 Å². The molecule has 0 spiro atoms. The van der Waals surface area contributed by atoms with Crippen molar-refractivity contribution in [1.82, 2.24) is 0 Å². The number of methoxy groups -OCH3 is 1. The molecule has 0 saturated carbocycles. The topological polar surface area (TPSA) is 44.5 Å². The van der Waals surface area contributed by atoms with E-state index < -0.39 is 0 Å². The maximum absolute atomic E-state index is 5.15. The van der Waals surface area contributed by atoms with Crippen molar-refractivity contribution >= 4 is 0 Å². The molecule has 0 bridgehead atoms. The Hall–Kier alpha value is -0.120. The Balaban J connectivity index is 0. The average Bonchev–Trinajstić information content (AvgIpc) is 1.83. The van der Waals surface area contributed by atoms with Crippen LogP contribution in [0.4, 0.5) is 0 Å². The minimum Gasteiger partial charge on any atom is -0.356 e. The maximum atomic E-state index is 5.15. The molecule has 0 aromatic heterocycles. The van der Waals surface area contributed by atoms with Crippen LogP contribution in [0.15, 0.2) is 0 Å². The van der Waals surface area contributed by atoms with E-state index in [1.807, 2.05) is 6.92 Å². The van der Waals surface area contributed by atoms with Crippen LogP contribution >= 0.6 is 0 Å². The first-order chi connectivity index (χ1) is 3.81. The summed E-state index contributed by atoms with van der Waals surface area (Å²) in [5.74, 6) is 0. The van der Waals surface area contributed by atoms with Gasteiger partial charge in [-0.15, -0.1) is 0 Å². The molecule has 0 aliphatic rings. The van der Waals surface area contributed by atoms with Crippen molar-refractivity contribution in [1.29, 1.82) is 0 Å². The fraction of sp³-hybridized carbons (Fsp3) is 1.00. The lowest BCUT2D eigenvalue weighted by Gasteiger charge is -2.08. The van der Waals surface area contributed by atoms with Crippen molar-refractivity contribution < 1.29 is 10.9 Å². The second-order valence-electron chi connectivity index (χ2n) is 1.46. The van der Waals surface area contributed by atoms with Crippen LogP contribution in [0.25, 0.3) is 0 Å². The van der Waals surface area contributed by atoms with Gasteiger partial charge < -0.3 is 15.2 Å². The summed E-state index contributed by atoms with van der Waals surface area (Å²) < 4.78 is 9.77. The normalized spacial score (nSPS) is 13.9. The van der Waals surface area contributed by atoms with E-state index in [2.05, 4.69) is 0 Å². The zero-order valence-electron chi connectivity index (χ0n) is 5.39. The molecule has 0 aromatic rings.